The van der Waals surface area contributed by atoms with Crippen LogP contribution >= 0.6 is 0 Å². The number of benzene rings is 7. The van der Waals surface area contributed by atoms with Gasteiger partial charge < -0.3 is 18.0 Å². The average molecular weight is 589 g/mol. The van der Waals surface area contributed by atoms with Gasteiger partial charge in [0, 0.05) is 66.6 Å². The van der Waals surface area contributed by atoms with Crippen molar-refractivity contribution >= 4 is 87.5 Å². The number of nitrogens with zero attached hydrogens (tertiary/aromatic N) is 2. The Bertz CT molecular complexity index is 2840. The van der Waals surface area contributed by atoms with E-state index in [-0.39, 0.29) is 0 Å². The molecule has 0 saturated heterocycles. The predicted octanol–water partition coefficient (Wildman–Crippen LogP) is 11.7. The second kappa shape index (κ2) is 8.68. The third kappa shape index (κ3) is 3.12. The zero-order chi connectivity index (χ0) is 29.9. The van der Waals surface area contributed by atoms with Gasteiger partial charge in [-0.15, -0.1) is 0 Å². The Morgan fingerprint density at radius 2 is 0.717 bits per heavy atom. The fourth-order valence-electron chi connectivity index (χ4n) is 7.70. The van der Waals surface area contributed by atoms with Crippen molar-refractivity contribution in [1.82, 2.24) is 9.13 Å². The van der Waals surface area contributed by atoms with Crippen LogP contribution in [0.15, 0.2) is 154 Å². The van der Waals surface area contributed by atoms with E-state index in [2.05, 4.69) is 130 Å². The van der Waals surface area contributed by atoms with Crippen molar-refractivity contribution in [2.24, 2.45) is 0 Å². The molecule has 0 amide bonds. The number of hydrogen-bond acceptors (Lipinski definition) is 2. The average Bonchev–Trinajstić information content (AvgIpc) is 3.83. The number of rotatable bonds is 2. The SMILES string of the molecule is c1cc(-n2c3ccccc3c3cc4c(cc32)oc2ccccc24)cc(-n2c3ccccc3c3cc4c(cc32)oc2ccccc24)c1. The van der Waals surface area contributed by atoms with E-state index >= 15 is 0 Å². The minimum absolute atomic E-state index is 0.895. The standard InChI is InChI=1S/C42H24N2O2/c1-5-16-35-27(12-1)31-21-33-29-14-3-7-18-39(29)45-41(33)23-37(31)43(35)25-10-9-11-26(20-25)44-36-17-6-2-13-28(36)32-22-34-30-15-4-8-19-40(30)46-42(34)24-38(32)44/h1-24H. The first-order chi connectivity index (χ1) is 22.8. The summed E-state index contributed by atoms with van der Waals surface area (Å²) in [6.07, 6.45) is 0. The number of aromatic nitrogens is 2. The summed E-state index contributed by atoms with van der Waals surface area (Å²) in [4.78, 5) is 0. The van der Waals surface area contributed by atoms with Crippen molar-refractivity contribution in [3.05, 3.63) is 146 Å². The zero-order valence-corrected chi connectivity index (χ0v) is 24.6. The van der Waals surface area contributed by atoms with E-state index in [4.69, 9.17) is 8.83 Å². The highest BCUT2D eigenvalue weighted by Crippen LogP contribution is 2.41. The molecule has 4 heterocycles. The molecule has 4 nitrogen and oxygen atoms in total. The van der Waals surface area contributed by atoms with E-state index in [1.807, 2.05) is 24.3 Å². The molecule has 0 aliphatic rings. The molecule has 11 aromatic rings. The molecule has 11 rings (SSSR count). The van der Waals surface area contributed by atoms with Crippen LogP contribution in [0.1, 0.15) is 0 Å². The van der Waals surface area contributed by atoms with Crippen LogP contribution in [0.2, 0.25) is 0 Å². The molecule has 0 radical (unpaired) electrons. The van der Waals surface area contributed by atoms with Gasteiger partial charge in [-0.3, -0.25) is 0 Å². The Morgan fingerprint density at radius 1 is 0.283 bits per heavy atom. The largest absolute Gasteiger partial charge is 0.456 e. The summed E-state index contributed by atoms with van der Waals surface area (Å²) in [6, 6.07) is 51.8. The molecule has 0 bridgehead atoms. The second-order valence-electron chi connectivity index (χ2n) is 12.2. The summed E-state index contributed by atoms with van der Waals surface area (Å²) in [5.41, 5.74) is 10.4. The van der Waals surface area contributed by atoms with Crippen LogP contribution in [0.25, 0.3) is 98.9 Å². The highest BCUT2D eigenvalue weighted by atomic mass is 16.3. The molecule has 7 aromatic carbocycles. The van der Waals surface area contributed by atoms with E-state index in [0.717, 1.165) is 77.3 Å². The van der Waals surface area contributed by atoms with Crippen LogP contribution < -0.4 is 0 Å². The van der Waals surface area contributed by atoms with Gasteiger partial charge in [-0.1, -0.05) is 78.9 Å². The fourth-order valence-corrected chi connectivity index (χ4v) is 7.70. The molecule has 0 spiro atoms. The van der Waals surface area contributed by atoms with E-state index in [1.165, 1.54) is 21.5 Å². The molecule has 0 aliphatic heterocycles. The van der Waals surface area contributed by atoms with Gasteiger partial charge in [0.2, 0.25) is 0 Å². The lowest BCUT2D eigenvalue weighted by Crippen LogP contribution is -1.98. The van der Waals surface area contributed by atoms with Gasteiger partial charge in [-0.05, 0) is 54.6 Å². The van der Waals surface area contributed by atoms with E-state index in [9.17, 15) is 0 Å². The molecule has 0 atom stereocenters. The smallest absolute Gasteiger partial charge is 0.137 e. The molecule has 46 heavy (non-hydrogen) atoms. The highest BCUT2D eigenvalue weighted by molar-refractivity contribution is 6.19. The maximum atomic E-state index is 6.36. The van der Waals surface area contributed by atoms with Crippen molar-refractivity contribution in [3.63, 3.8) is 0 Å². The van der Waals surface area contributed by atoms with Crippen LogP contribution in [0.5, 0.6) is 0 Å². The van der Waals surface area contributed by atoms with E-state index in [0.29, 0.717) is 0 Å². The van der Waals surface area contributed by atoms with Crippen molar-refractivity contribution in [1.29, 1.82) is 0 Å². The molecular weight excluding hydrogens is 564 g/mol. The molecular formula is C42H24N2O2. The summed E-state index contributed by atoms with van der Waals surface area (Å²) in [7, 11) is 0. The first-order valence-electron chi connectivity index (χ1n) is 15.6. The van der Waals surface area contributed by atoms with Crippen molar-refractivity contribution in [2.45, 2.75) is 0 Å². The van der Waals surface area contributed by atoms with Gasteiger partial charge in [0.1, 0.15) is 22.3 Å². The normalized spacial score (nSPS) is 12.3. The van der Waals surface area contributed by atoms with Gasteiger partial charge in [-0.2, -0.15) is 0 Å². The van der Waals surface area contributed by atoms with Crippen LogP contribution in [0.3, 0.4) is 0 Å². The summed E-state index contributed by atoms with van der Waals surface area (Å²) in [6.45, 7) is 0. The van der Waals surface area contributed by atoms with Gasteiger partial charge in [-0.25, -0.2) is 0 Å². The van der Waals surface area contributed by atoms with Gasteiger partial charge >= 0.3 is 0 Å². The number of fused-ring (bicyclic) bond motifs is 12. The maximum absolute atomic E-state index is 6.36. The van der Waals surface area contributed by atoms with Gasteiger partial charge in [0.25, 0.3) is 0 Å². The third-order valence-electron chi connectivity index (χ3n) is 9.69. The van der Waals surface area contributed by atoms with E-state index < -0.39 is 0 Å². The second-order valence-corrected chi connectivity index (χ2v) is 12.2. The Labute approximate surface area is 261 Å². The quantitative estimate of drug-likeness (QED) is 0.201. The molecule has 0 unspecified atom stereocenters. The van der Waals surface area contributed by atoms with Crippen molar-refractivity contribution in [2.75, 3.05) is 0 Å². The van der Waals surface area contributed by atoms with Crippen LogP contribution in [-0.4, -0.2) is 9.13 Å². The molecule has 0 saturated carbocycles. The summed E-state index contributed by atoms with van der Waals surface area (Å²) in [5.74, 6) is 0. The first kappa shape index (κ1) is 24.1. The molecule has 0 N–H and O–H groups in total. The lowest BCUT2D eigenvalue weighted by molar-refractivity contribution is 0.669. The minimum atomic E-state index is 0.895. The molecule has 4 aromatic heterocycles. The molecule has 4 heteroatoms. The summed E-state index contributed by atoms with van der Waals surface area (Å²) < 4.78 is 17.4. The number of hydrogen-bond donors (Lipinski definition) is 0. The monoisotopic (exact) mass is 588 g/mol. The van der Waals surface area contributed by atoms with Crippen LogP contribution in [0.4, 0.5) is 0 Å². The van der Waals surface area contributed by atoms with Crippen molar-refractivity contribution in [3.8, 4) is 11.4 Å². The molecule has 0 aliphatic carbocycles. The lowest BCUT2D eigenvalue weighted by atomic mass is 10.1. The van der Waals surface area contributed by atoms with Crippen LogP contribution in [0, 0.1) is 0 Å². The Hall–Kier alpha value is -6.26. The lowest BCUT2D eigenvalue weighted by Gasteiger charge is -2.12. The maximum Gasteiger partial charge on any atom is 0.137 e. The predicted molar refractivity (Wildman–Crippen MR) is 190 cm³/mol. The Morgan fingerprint density at radius 3 is 1.22 bits per heavy atom. The Balaban J connectivity index is 1.20. The molecule has 214 valence electrons. The van der Waals surface area contributed by atoms with E-state index in [1.54, 1.807) is 0 Å². The number of para-hydroxylation sites is 4. The highest BCUT2D eigenvalue weighted by Gasteiger charge is 2.19. The zero-order valence-electron chi connectivity index (χ0n) is 24.6. The molecule has 0 fully saturated rings. The topological polar surface area (TPSA) is 36.1 Å². The summed E-state index contributed by atoms with van der Waals surface area (Å²) in [5, 5.41) is 9.43. The summed E-state index contributed by atoms with van der Waals surface area (Å²) >= 11 is 0. The third-order valence-corrected chi connectivity index (χ3v) is 9.69. The first-order valence-corrected chi connectivity index (χ1v) is 15.6. The van der Waals surface area contributed by atoms with Gasteiger partial charge in [0.15, 0.2) is 0 Å². The minimum Gasteiger partial charge on any atom is -0.456 e. The van der Waals surface area contributed by atoms with Crippen LogP contribution in [-0.2, 0) is 0 Å². The van der Waals surface area contributed by atoms with Gasteiger partial charge in [0.05, 0.1) is 22.1 Å². The van der Waals surface area contributed by atoms with Crippen molar-refractivity contribution < 1.29 is 8.83 Å². The fraction of sp³-hybridized carbons (Fsp3) is 0. The Kier molecular flexibility index (Phi) is 4.55. The number of furan rings is 2.